The van der Waals surface area contributed by atoms with Gasteiger partial charge in [-0.2, -0.15) is 14.0 Å². The third kappa shape index (κ3) is 4.80. The highest BCUT2D eigenvalue weighted by molar-refractivity contribution is 5.79. The first-order valence-corrected chi connectivity index (χ1v) is 7.71. The Hall–Kier alpha value is -2.92. The van der Waals surface area contributed by atoms with Crippen LogP contribution in [0, 0.1) is 11.3 Å². The number of hydrogen-bond donors (Lipinski definition) is 2. The zero-order chi connectivity index (χ0) is 19.1. The Morgan fingerprint density at radius 1 is 1.19 bits per heavy atom. The van der Waals surface area contributed by atoms with E-state index < -0.39 is 31.2 Å². The molecule has 0 saturated carbocycles. The number of alkyl halides is 3. The molecular formula is C18H16F3N3O2. The van der Waals surface area contributed by atoms with Crippen molar-refractivity contribution in [3.8, 4) is 17.2 Å². The molecule has 2 atom stereocenters. The Morgan fingerprint density at radius 3 is 2.35 bits per heavy atom. The lowest BCUT2D eigenvalue weighted by atomic mass is 9.99. The number of carbonyl (C=O) groups excluding carboxylic acids is 1. The van der Waals surface area contributed by atoms with E-state index in [0.717, 1.165) is 11.1 Å². The van der Waals surface area contributed by atoms with Crippen molar-refractivity contribution in [3.05, 3.63) is 53.9 Å². The first-order chi connectivity index (χ1) is 12.5. The molecule has 0 saturated heterocycles. The van der Waals surface area contributed by atoms with Crippen LogP contribution in [0.15, 0.2) is 42.6 Å². The summed E-state index contributed by atoms with van der Waals surface area (Å²) in [5.74, 6) is -1.63. The van der Waals surface area contributed by atoms with Crippen LogP contribution >= 0.6 is 0 Å². The zero-order valence-corrected chi connectivity index (χ0v) is 13.6. The molecule has 136 valence electrons. The molecule has 0 aliphatic heterocycles. The van der Waals surface area contributed by atoms with Gasteiger partial charge in [-0.25, -0.2) is 4.39 Å². The molecule has 0 unspecified atom stereocenters. The Balaban J connectivity index is 2.12. The number of pyridine rings is 1. The van der Waals surface area contributed by atoms with Crippen LogP contribution in [-0.4, -0.2) is 35.1 Å². The van der Waals surface area contributed by atoms with Gasteiger partial charge in [0.25, 0.3) is 5.91 Å². The fourth-order valence-corrected chi connectivity index (χ4v) is 2.33. The highest BCUT2D eigenvalue weighted by Gasteiger charge is 2.26. The first kappa shape index (κ1) is 19.4. The number of carbonyl (C=O) groups is 1. The van der Waals surface area contributed by atoms with Gasteiger partial charge >= 0.3 is 6.43 Å². The maximum atomic E-state index is 13.0. The molecule has 0 radical (unpaired) electrons. The van der Waals surface area contributed by atoms with Crippen molar-refractivity contribution in [2.45, 2.75) is 25.0 Å². The van der Waals surface area contributed by atoms with Crippen molar-refractivity contribution in [2.75, 3.05) is 6.67 Å². The molecule has 0 aliphatic carbocycles. The van der Waals surface area contributed by atoms with Gasteiger partial charge in [-0.1, -0.05) is 30.3 Å². The zero-order valence-electron chi connectivity index (χ0n) is 13.6. The van der Waals surface area contributed by atoms with Crippen molar-refractivity contribution >= 4 is 5.91 Å². The number of amides is 1. The molecule has 26 heavy (non-hydrogen) atoms. The monoisotopic (exact) mass is 363 g/mol. The Bertz CT molecular complexity index is 774. The minimum atomic E-state index is -3.28. The SMILES string of the molecule is N#CCc1ccc(-c2ccc([C@@H](O)[C@@H](CF)NC(=O)C(F)F)cc2)cn1. The Morgan fingerprint density at radius 2 is 1.85 bits per heavy atom. The molecular weight excluding hydrogens is 347 g/mol. The molecule has 1 heterocycles. The van der Waals surface area contributed by atoms with E-state index in [1.54, 1.807) is 35.8 Å². The van der Waals surface area contributed by atoms with Crippen LogP contribution in [0.3, 0.4) is 0 Å². The van der Waals surface area contributed by atoms with Crippen molar-refractivity contribution < 1.29 is 23.1 Å². The highest BCUT2D eigenvalue weighted by Crippen LogP contribution is 2.23. The number of halogens is 3. The standard InChI is InChI=1S/C18H16F3N3O2/c19-9-15(24-18(26)17(20)21)16(25)12-3-1-11(2-4-12)13-5-6-14(7-8-22)23-10-13/h1-6,10,15-17,25H,7,9H2,(H,24,26)/t15-,16-/m1/s1. The summed E-state index contributed by atoms with van der Waals surface area (Å²) >= 11 is 0. The topological polar surface area (TPSA) is 86.0 Å². The van der Waals surface area contributed by atoms with Gasteiger partial charge in [-0.15, -0.1) is 0 Å². The molecule has 0 fully saturated rings. The number of rotatable bonds is 7. The number of aliphatic hydroxyl groups excluding tert-OH is 1. The lowest BCUT2D eigenvalue weighted by molar-refractivity contribution is -0.133. The highest BCUT2D eigenvalue weighted by atomic mass is 19.3. The number of aromatic nitrogens is 1. The lowest BCUT2D eigenvalue weighted by Crippen LogP contribution is -2.43. The fourth-order valence-electron chi connectivity index (χ4n) is 2.33. The quantitative estimate of drug-likeness (QED) is 0.792. The average molecular weight is 363 g/mol. The van der Waals surface area contributed by atoms with Crippen LogP contribution in [0.25, 0.3) is 11.1 Å². The van der Waals surface area contributed by atoms with Gasteiger partial charge in [-0.3, -0.25) is 9.78 Å². The van der Waals surface area contributed by atoms with Gasteiger partial charge in [-0.05, 0) is 17.2 Å². The van der Waals surface area contributed by atoms with E-state index in [2.05, 4.69) is 4.98 Å². The number of nitriles is 1. The maximum Gasteiger partial charge on any atom is 0.315 e. The minimum Gasteiger partial charge on any atom is -0.386 e. The molecule has 2 rings (SSSR count). The van der Waals surface area contributed by atoms with Gasteiger partial charge in [0.15, 0.2) is 0 Å². The van der Waals surface area contributed by atoms with Crippen LogP contribution in [0.1, 0.15) is 17.4 Å². The summed E-state index contributed by atoms with van der Waals surface area (Å²) < 4.78 is 37.5. The summed E-state index contributed by atoms with van der Waals surface area (Å²) in [4.78, 5) is 15.1. The molecule has 2 aromatic rings. The summed E-state index contributed by atoms with van der Waals surface area (Å²) in [6.45, 7) is -1.19. The van der Waals surface area contributed by atoms with Crippen molar-refractivity contribution in [1.82, 2.24) is 10.3 Å². The fraction of sp³-hybridized carbons (Fsp3) is 0.278. The summed E-state index contributed by atoms with van der Waals surface area (Å²) in [5, 5.41) is 20.5. The van der Waals surface area contributed by atoms with E-state index in [1.807, 2.05) is 6.07 Å². The summed E-state index contributed by atoms with van der Waals surface area (Å²) in [6, 6.07) is 10.4. The summed E-state index contributed by atoms with van der Waals surface area (Å²) in [5.41, 5.74) is 2.47. The smallest absolute Gasteiger partial charge is 0.315 e. The molecule has 1 aromatic heterocycles. The van der Waals surface area contributed by atoms with Crippen LogP contribution in [0.5, 0.6) is 0 Å². The average Bonchev–Trinajstić information content (AvgIpc) is 2.66. The second kappa shape index (κ2) is 8.97. The molecule has 1 amide bonds. The van der Waals surface area contributed by atoms with E-state index in [-0.39, 0.29) is 12.0 Å². The van der Waals surface area contributed by atoms with Gasteiger partial charge in [0.05, 0.1) is 24.2 Å². The van der Waals surface area contributed by atoms with Gasteiger partial charge in [0, 0.05) is 11.8 Å². The Labute approximate surface area is 148 Å². The number of hydrogen-bond acceptors (Lipinski definition) is 4. The third-order valence-electron chi connectivity index (χ3n) is 3.74. The molecule has 2 N–H and O–H groups in total. The summed E-state index contributed by atoms with van der Waals surface area (Å²) in [6.07, 6.45) is -2.94. The summed E-state index contributed by atoms with van der Waals surface area (Å²) in [7, 11) is 0. The van der Waals surface area contributed by atoms with Crippen LogP contribution in [0.2, 0.25) is 0 Å². The number of nitrogens with zero attached hydrogens (tertiary/aromatic N) is 2. The maximum absolute atomic E-state index is 13.0. The largest absolute Gasteiger partial charge is 0.386 e. The number of nitrogens with one attached hydrogen (secondary N) is 1. The minimum absolute atomic E-state index is 0.209. The predicted octanol–water partition coefficient (Wildman–Crippen LogP) is 2.57. The van der Waals surface area contributed by atoms with Gasteiger partial charge in [0.1, 0.15) is 12.8 Å². The molecule has 1 aromatic carbocycles. The van der Waals surface area contributed by atoms with Crippen LogP contribution in [-0.2, 0) is 11.2 Å². The van der Waals surface area contributed by atoms with Crippen molar-refractivity contribution in [1.29, 1.82) is 5.26 Å². The third-order valence-corrected chi connectivity index (χ3v) is 3.74. The van der Waals surface area contributed by atoms with Gasteiger partial charge < -0.3 is 10.4 Å². The normalized spacial score (nSPS) is 13.1. The number of aliphatic hydroxyl groups is 1. The van der Waals surface area contributed by atoms with E-state index in [0.29, 0.717) is 5.69 Å². The molecule has 8 heteroatoms. The lowest BCUT2D eigenvalue weighted by Gasteiger charge is -2.22. The van der Waals surface area contributed by atoms with E-state index in [9.17, 15) is 23.1 Å². The van der Waals surface area contributed by atoms with Crippen molar-refractivity contribution in [3.63, 3.8) is 0 Å². The number of benzene rings is 1. The second-order valence-electron chi connectivity index (χ2n) is 5.51. The molecule has 0 aliphatic rings. The second-order valence-corrected chi connectivity index (χ2v) is 5.51. The molecule has 0 bridgehead atoms. The predicted molar refractivity (Wildman–Crippen MR) is 87.9 cm³/mol. The molecule has 0 spiro atoms. The van der Waals surface area contributed by atoms with E-state index in [1.165, 1.54) is 12.1 Å². The van der Waals surface area contributed by atoms with Crippen LogP contribution < -0.4 is 5.32 Å². The van der Waals surface area contributed by atoms with Gasteiger partial charge in [0.2, 0.25) is 0 Å². The van der Waals surface area contributed by atoms with Crippen LogP contribution in [0.4, 0.5) is 13.2 Å². The van der Waals surface area contributed by atoms with E-state index >= 15 is 0 Å². The molecule has 5 nitrogen and oxygen atoms in total. The Kier molecular flexibility index (Phi) is 6.69. The van der Waals surface area contributed by atoms with Crippen molar-refractivity contribution in [2.24, 2.45) is 0 Å². The van der Waals surface area contributed by atoms with E-state index in [4.69, 9.17) is 5.26 Å². The first-order valence-electron chi connectivity index (χ1n) is 7.71.